The minimum absolute atomic E-state index is 0.0562. The van der Waals surface area contributed by atoms with E-state index in [1.807, 2.05) is 140 Å². The van der Waals surface area contributed by atoms with E-state index in [4.69, 9.17) is 37.1 Å². The number of carbonyl (C=O) groups excluding carboxylic acids is 6. The van der Waals surface area contributed by atoms with Gasteiger partial charge in [0, 0.05) is 74.9 Å². The Labute approximate surface area is 531 Å². The number of rotatable bonds is 21. The maximum Gasteiger partial charge on any atom is 0.298 e. The molecule has 0 bridgehead atoms. The van der Waals surface area contributed by atoms with Gasteiger partial charge in [-0.3, -0.25) is 38.1 Å². The number of nitrogens with two attached hydrogens (primary N) is 4. The molecule has 0 aliphatic carbocycles. The Bertz CT molecular complexity index is 4140. The molecule has 9 N–H and O–H groups in total. The van der Waals surface area contributed by atoms with E-state index in [1.165, 1.54) is 16.8 Å². The zero-order valence-electron chi connectivity index (χ0n) is 50.6. The number of nitrogens with zero attached hydrogens (tertiary/aromatic N) is 8. The first-order valence-corrected chi connectivity index (χ1v) is 29.5. The SMILES string of the molecule is C=CC(=O)N1CCC(Cn2cc(C(N)=O)c(-c3ccc(Oc4ccccc4)cc3)n2)C1.C=CC(=O)NCCn1nc(-c2ccc(Oc3ccccc3)cc2)c(C(N)=O)c1N.CC#CC(=O)N1CCC(Cn2cc(C(N)=O)c(-c3ccc(Oc4ccccc4)cc3)n2)C1. The molecule has 5 heterocycles. The molecule has 2 aliphatic heterocycles. The van der Waals surface area contributed by atoms with Gasteiger partial charge in [-0.25, -0.2) is 4.68 Å². The van der Waals surface area contributed by atoms with Crippen LogP contribution in [0.1, 0.15) is 50.8 Å². The first-order valence-electron chi connectivity index (χ1n) is 29.5. The van der Waals surface area contributed by atoms with Gasteiger partial charge in [-0.05, 0) is 159 Å². The molecule has 0 saturated carbocycles. The van der Waals surface area contributed by atoms with Crippen LogP contribution in [0.4, 0.5) is 5.82 Å². The average molecular weight is 1240 g/mol. The van der Waals surface area contributed by atoms with Crippen LogP contribution in [0, 0.1) is 23.7 Å². The largest absolute Gasteiger partial charge is 0.457 e. The van der Waals surface area contributed by atoms with Crippen LogP contribution in [0.5, 0.6) is 34.5 Å². The number of benzene rings is 6. The van der Waals surface area contributed by atoms with Gasteiger partial charge in [0.1, 0.15) is 63.0 Å². The van der Waals surface area contributed by atoms with Gasteiger partial charge >= 0.3 is 0 Å². The zero-order chi connectivity index (χ0) is 65.1. The highest BCUT2D eigenvalue weighted by Crippen LogP contribution is 2.33. The molecule has 22 heteroatoms. The number of hydrogen-bond acceptors (Lipinski definition) is 13. The number of nitrogen functional groups attached to an aromatic ring is 1. The smallest absolute Gasteiger partial charge is 0.298 e. The van der Waals surface area contributed by atoms with E-state index in [1.54, 1.807) is 62.7 Å². The highest BCUT2D eigenvalue weighted by molar-refractivity contribution is 6.03. The summed E-state index contributed by atoms with van der Waals surface area (Å²) in [6.45, 7) is 13.0. The lowest BCUT2D eigenvalue weighted by molar-refractivity contribution is -0.125. The molecule has 2 unspecified atom stereocenters. The van der Waals surface area contributed by atoms with Crippen LogP contribution in [0.25, 0.3) is 33.8 Å². The van der Waals surface area contributed by atoms with Crippen molar-refractivity contribution in [3.8, 4) is 80.1 Å². The van der Waals surface area contributed by atoms with Crippen LogP contribution in [-0.2, 0) is 34.0 Å². The predicted molar refractivity (Wildman–Crippen MR) is 349 cm³/mol. The van der Waals surface area contributed by atoms with Gasteiger partial charge in [0.05, 0.1) is 17.7 Å². The Hall–Kier alpha value is -12.0. The lowest BCUT2D eigenvalue weighted by Crippen LogP contribution is -2.27. The van der Waals surface area contributed by atoms with Gasteiger partial charge in [0.25, 0.3) is 23.6 Å². The van der Waals surface area contributed by atoms with E-state index in [0.717, 1.165) is 35.5 Å². The van der Waals surface area contributed by atoms with Crippen LogP contribution < -0.4 is 42.5 Å². The third kappa shape index (κ3) is 17.0. The molecule has 0 spiro atoms. The second-order valence-corrected chi connectivity index (χ2v) is 21.4. The van der Waals surface area contributed by atoms with Crippen LogP contribution in [0.15, 0.2) is 201 Å². The van der Waals surface area contributed by atoms with Gasteiger partial charge in [-0.2, -0.15) is 15.3 Å². The molecule has 468 valence electrons. The Morgan fingerprint density at radius 2 is 0.946 bits per heavy atom. The summed E-state index contributed by atoms with van der Waals surface area (Å²) in [5.74, 6) is 7.86. The molecule has 9 aromatic rings. The summed E-state index contributed by atoms with van der Waals surface area (Å²) < 4.78 is 22.4. The summed E-state index contributed by atoms with van der Waals surface area (Å²) in [6, 6.07) is 50.3. The number of carbonyl (C=O) groups is 6. The maximum atomic E-state index is 12.0. The monoisotopic (exact) mass is 1240 g/mol. The van der Waals surface area contributed by atoms with Crippen molar-refractivity contribution >= 4 is 41.3 Å². The normalized spacial score (nSPS) is 13.8. The molecular formula is C70H69N13O9. The minimum Gasteiger partial charge on any atom is -0.457 e. The third-order valence-electron chi connectivity index (χ3n) is 14.9. The number of amides is 6. The van der Waals surface area contributed by atoms with E-state index < -0.39 is 17.7 Å². The van der Waals surface area contributed by atoms with Gasteiger partial charge in [0.2, 0.25) is 11.8 Å². The molecule has 2 aliphatic rings. The summed E-state index contributed by atoms with van der Waals surface area (Å²) in [6.07, 6.45) is 7.62. The lowest BCUT2D eigenvalue weighted by Gasteiger charge is -2.14. The van der Waals surface area contributed by atoms with Crippen molar-refractivity contribution in [3.63, 3.8) is 0 Å². The van der Waals surface area contributed by atoms with Crippen molar-refractivity contribution in [2.24, 2.45) is 29.0 Å². The number of ether oxygens (including phenoxy) is 3. The Morgan fingerprint density at radius 1 is 0.543 bits per heavy atom. The summed E-state index contributed by atoms with van der Waals surface area (Å²) in [7, 11) is 0. The molecule has 92 heavy (non-hydrogen) atoms. The highest BCUT2D eigenvalue weighted by Gasteiger charge is 2.29. The molecule has 22 nitrogen and oxygen atoms in total. The quantitative estimate of drug-likeness (QED) is 0.0331. The van der Waals surface area contributed by atoms with Crippen molar-refractivity contribution in [2.75, 3.05) is 38.5 Å². The molecule has 2 fully saturated rings. The summed E-state index contributed by atoms with van der Waals surface area (Å²) in [5.41, 5.74) is 27.3. The Morgan fingerprint density at radius 3 is 1.34 bits per heavy atom. The molecule has 0 radical (unpaired) electrons. The highest BCUT2D eigenvalue weighted by atomic mass is 16.5. The van der Waals surface area contributed by atoms with Crippen LogP contribution in [-0.4, -0.2) is 107 Å². The van der Waals surface area contributed by atoms with Crippen LogP contribution in [0.3, 0.4) is 0 Å². The second kappa shape index (κ2) is 30.8. The van der Waals surface area contributed by atoms with Gasteiger partial charge in [0.15, 0.2) is 0 Å². The molecule has 6 aromatic carbocycles. The molecule has 6 amide bonds. The van der Waals surface area contributed by atoms with E-state index in [0.29, 0.717) is 96.0 Å². The van der Waals surface area contributed by atoms with Crippen molar-refractivity contribution in [2.45, 2.75) is 39.4 Å². The minimum atomic E-state index is -0.677. The summed E-state index contributed by atoms with van der Waals surface area (Å²) in [5, 5.41) is 16.3. The van der Waals surface area contributed by atoms with Crippen molar-refractivity contribution in [1.29, 1.82) is 0 Å². The average Bonchev–Trinajstić information content (AvgIpc) is 1.72. The number of aromatic nitrogens is 6. The molecule has 2 saturated heterocycles. The number of likely N-dealkylation sites (tertiary alicyclic amines) is 2. The van der Waals surface area contributed by atoms with E-state index in [2.05, 4.69) is 45.6 Å². The zero-order valence-corrected chi connectivity index (χ0v) is 50.6. The second-order valence-electron chi connectivity index (χ2n) is 21.4. The van der Waals surface area contributed by atoms with E-state index in [9.17, 15) is 28.8 Å². The van der Waals surface area contributed by atoms with Crippen molar-refractivity contribution in [3.05, 3.63) is 218 Å². The molecule has 3 aromatic heterocycles. The molecular weight excluding hydrogens is 1170 g/mol. The number of primary amides is 3. The summed E-state index contributed by atoms with van der Waals surface area (Å²) >= 11 is 0. The standard InChI is InChI=1S/C25H24N4O3.C24H24N4O3.C21H21N5O3/c1-2-6-23(30)28-14-13-18(15-28)16-29-17-22(25(26)31)24(27-29)19-9-11-21(12-10-19)32-20-7-4-3-5-8-20;1-2-22(29)27-13-12-17(14-27)15-28-16-21(24(25)30)23(26-28)18-8-10-20(11-9-18)31-19-6-4-3-5-7-19;1-2-17(27)24-12-13-26-20(22)18(21(23)28)19(25-26)14-8-10-16(11-9-14)29-15-6-4-3-5-7-15/h3-5,7-12,17-18H,13-16H2,1H3,(H2,26,31);2-11,16-17H,1,12-15H2,(H2,25,30);2-11H,1,12-13,22H2,(H2,23,28)(H,24,27). The lowest BCUT2D eigenvalue weighted by atomic mass is 10.1. The maximum absolute atomic E-state index is 12.0. The fraction of sp³-hybridized carbons (Fsp3) is 0.186. The van der Waals surface area contributed by atoms with E-state index in [-0.39, 0.29) is 54.0 Å². The van der Waals surface area contributed by atoms with Gasteiger partial charge in [-0.15, -0.1) is 0 Å². The van der Waals surface area contributed by atoms with Crippen LogP contribution in [0.2, 0.25) is 0 Å². The number of hydrogen-bond donors (Lipinski definition) is 5. The number of para-hydroxylation sites is 3. The Balaban J connectivity index is 0.000000163. The number of anilines is 1. The third-order valence-corrected chi connectivity index (χ3v) is 14.9. The molecule has 2 atom stereocenters. The topological polar surface area (TPSA) is 306 Å². The molecule has 11 rings (SSSR count). The fourth-order valence-corrected chi connectivity index (χ4v) is 10.4. The first-order chi connectivity index (χ1) is 44.5. The van der Waals surface area contributed by atoms with Gasteiger partial charge in [-0.1, -0.05) is 73.7 Å². The number of nitrogens with one attached hydrogen (secondary N) is 1. The van der Waals surface area contributed by atoms with Crippen molar-refractivity contribution < 1.29 is 43.0 Å². The summed E-state index contributed by atoms with van der Waals surface area (Å²) in [4.78, 5) is 74.6. The van der Waals surface area contributed by atoms with E-state index >= 15 is 0 Å². The van der Waals surface area contributed by atoms with Crippen molar-refractivity contribution in [1.82, 2.24) is 44.5 Å². The van der Waals surface area contributed by atoms with Crippen LogP contribution >= 0.6 is 0 Å². The predicted octanol–water partition coefficient (Wildman–Crippen LogP) is 9.11. The Kier molecular flexibility index (Phi) is 21.6. The van der Waals surface area contributed by atoms with Gasteiger partial charge < -0.3 is 52.3 Å². The fourth-order valence-electron chi connectivity index (χ4n) is 10.4. The first kappa shape index (κ1) is 64.5.